The number of aromatic nitrogens is 2. The van der Waals surface area contributed by atoms with E-state index in [4.69, 9.17) is 35.6 Å². The minimum absolute atomic E-state index is 0.189. The standard InChI is InChI=1S/C35H25ClN4O3/c1-41-29-16-10-23(11-17-29)32-31(20-37)35(43-34(32)25-12-18-30(42-2)19-13-25)38-21-26-22-40(28-6-4-3-5-7-28)39-33(26)24-8-14-27(36)15-9-24/h3-19,21-22H,1-2H3/b38-21+. The lowest BCUT2D eigenvalue weighted by molar-refractivity contribution is 0.414. The number of hydrogen-bond donors (Lipinski definition) is 0. The molecule has 4 aromatic carbocycles. The fourth-order valence-corrected chi connectivity index (χ4v) is 4.87. The molecule has 0 spiro atoms. The van der Waals surface area contributed by atoms with Crippen molar-refractivity contribution in [3.63, 3.8) is 0 Å². The SMILES string of the molecule is COc1ccc(-c2oc(/N=C/c3cn(-c4ccccc4)nc3-c3ccc(Cl)cc3)c(C#N)c2-c2ccc(OC)cc2)cc1. The first-order valence-electron chi connectivity index (χ1n) is 13.4. The highest BCUT2D eigenvalue weighted by atomic mass is 35.5. The first kappa shape index (κ1) is 27.6. The van der Waals surface area contributed by atoms with E-state index in [1.54, 1.807) is 25.1 Å². The fourth-order valence-electron chi connectivity index (χ4n) is 4.75. The van der Waals surface area contributed by atoms with Crippen LogP contribution in [0.4, 0.5) is 5.88 Å². The molecule has 0 amide bonds. The fraction of sp³-hybridized carbons (Fsp3) is 0.0571. The lowest BCUT2D eigenvalue weighted by atomic mass is 9.98. The molecule has 6 aromatic rings. The lowest BCUT2D eigenvalue weighted by Crippen LogP contribution is -1.93. The molecule has 0 aliphatic heterocycles. The van der Waals surface area contributed by atoms with Gasteiger partial charge in [-0.15, -0.1) is 0 Å². The monoisotopic (exact) mass is 584 g/mol. The Bertz CT molecular complexity index is 1930. The zero-order valence-electron chi connectivity index (χ0n) is 23.4. The molecular weight excluding hydrogens is 560 g/mol. The quantitative estimate of drug-likeness (QED) is 0.167. The number of ether oxygens (including phenoxy) is 2. The lowest BCUT2D eigenvalue weighted by Gasteiger charge is -2.06. The molecule has 7 nitrogen and oxygen atoms in total. The van der Waals surface area contributed by atoms with Crippen LogP contribution in [-0.2, 0) is 0 Å². The molecule has 2 aromatic heterocycles. The number of methoxy groups -OCH3 is 2. The van der Waals surface area contributed by atoms with Gasteiger partial charge in [0.2, 0.25) is 5.88 Å². The Hall–Kier alpha value is -5.58. The van der Waals surface area contributed by atoms with Crippen molar-refractivity contribution < 1.29 is 13.9 Å². The number of benzene rings is 4. The smallest absolute Gasteiger partial charge is 0.238 e. The van der Waals surface area contributed by atoms with Gasteiger partial charge in [-0.05, 0) is 66.2 Å². The molecular formula is C35H25ClN4O3. The summed E-state index contributed by atoms with van der Waals surface area (Å²) in [6.07, 6.45) is 3.57. The summed E-state index contributed by atoms with van der Waals surface area (Å²) in [5.41, 5.74) is 5.75. The van der Waals surface area contributed by atoms with Crippen LogP contribution >= 0.6 is 11.6 Å². The molecule has 8 heteroatoms. The van der Waals surface area contributed by atoms with Crippen molar-refractivity contribution in [3.05, 3.63) is 125 Å². The number of furan rings is 1. The number of nitriles is 1. The van der Waals surface area contributed by atoms with E-state index in [2.05, 4.69) is 6.07 Å². The molecule has 6 rings (SSSR count). The zero-order valence-corrected chi connectivity index (χ0v) is 24.1. The highest BCUT2D eigenvalue weighted by Crippen LogP contribution is 2.43. The van der Waals surface area contributed by atoms with Gasteiger partial charge in [0.05, 0.1) is 19.9 Å². The number of para-hydroxylation sites is 1. The van der Waals surface area contributed by atoms with Crippen LogP contribution in [-0.4, -0.2) is 30.2 Å². The van der Waals surface area contributed by atoms with E-state index < -0.39 is 0 Å². The normalized spacial score (nSPS) is 11.0. The third-order valence-electron chi connectivity index (χ3n) is 6.93. The largest absolute Gasteiger partial charge is 0.497 e. The molecule has 0 fully saturated rings. The highest BCUT2D eigenvalue weighted by molar-refractivity contribution is 6.30. The Morgan fingerprint density at radius 2 is 1.42 bits per heavy atom. The van der Waals surface area contributed by atoms with Gasteiger partial charge in [0, 0.05) is 39.7 Å². The van der Waals surface area contributed by atoms with Gasteiger partial charge in [-0.2, -0.15) is 10.4 Å². The van der Waals surface area contributed by atoms with Crippen molar-refractivity contribution in [2.24, 2.45) is 4.99 Å². The van der Waals surface area contributed by atoms with Gasteiger partial charge >= 0.3 is 0 Å². The average molecular weight is 585 g/mol. The predicted octanol–water partition coefficient (Wildman–Crippen LogP) is 8.76. The summed E-state index contributed by atoms with van der Waals surface area (Å²) in [4.78, 5) is 4.71. The van der Waals surface area contributed by atoms with Gasteiger partial charge in [0.1, 0.15) is 34.6 Å². The molecule has 2 heterocycles. The van der Waals surface area contributed by atoms with Crippen molar-refractivity contribution >= 4 is 23.7 Å². The van der Waals surface area contributed by atoms with Gasteiger partial charge < -0.3 is 13.9 Å². The maximum absolute atomic E-state index is 10.4. The minimum Gasteiger partial charge on any atom is -0.497 e. The minimum atomic E-state index is 0.189. The summed E-state index contributed by atoms with van der Waals surface area (Å²) in [5.74, 6) is 2.13. The second-order valence-electron chi connectivity index (χ2n) is 9.53. The first-order valence-corrected chi connectivity index (χ1v) is 13.8. The summed E-state index contributed by atoms with van der Waals surface area (Å²) >= 11 is 6.16. The van der Waals surface area contributed by atoms with Crippen molar-refractivity contribution in [3.8, 4) is 57.0 Å². The van der Waals surface area contributed by atoms with Crippen LogP contribution in [0.2, 0.25) is 5.02 Å². The molecule has 210 valence electrons. The summed E-state index contributed by atoms with van der Waals surface area (Å²) < 4.78 is 18.8. The van der Waals surface area contributed by atoms with Crippen LogP contribution in [0.1, 0.15) is 11.1 Å². The Labute approximate surface area is 253 Å². The topological polar surface area (TPSA) is 85.6 Å². The second kappa shape index (κ2) is 12.1. The van der Waals surface area contributed by atoms with Crippen LogP contribution in [0.5, 0.6) is 11.5 Å². The molecule has 0 unspecified atom stereocenters. The third-order valence-corrected chi connectivity index (χ3v) is 7.19. The van der Waals surface area contributed by atoms with Gasteiger partial charge in [0.25, 0.3) is 0 Å². The molecule has 0 saturated carbocycles. The zero-order chi connectivity index (χ0) is 29.8. The van der Waals surface area contributed by atoms with Gasteiger partial charge in [0.15, 0.2) is 0 Å². The van der Waals surface area contributed by atoms with Crippen molar-refractivity contribution in [1.82, 2.24) is 9.78 Å². The van der Waals surface area contributed by atoms with Crippen LogP contribution in [0.3, 0.4) is 0 Å². The van der Waals surface area contributed by atoms with Crippen LogP contribution < -0.4 is 9.47 Å². The van der Waals surface area contributed by atoms with Gasteiger partial charge in [-0.1, -0.05) is 54.1 Å². The van der Waals surface area contributed by atoms with Crippen LogP contribution in [0.25, 0.3) is 39.4 Å². The predicted molar refractivity (Wildman–Crippen MR) is 169 cm³/mol. The Kier molecular flexibility index (Phi) is 7.77. The number of rotatable bonds is 8. The summed E-state index contributed by atoms with van der Waals surface area (Å²) in [6.45, 7) is 0. The summed E-state index contributed by atoms with van der Waals surface area (Å²) in [6, 6.07) is 34.6. The number of nitrogens with zero attached hydrogens (tertiary/aromatic N) is 4. The Morgan fingerprint density at radius 3 is 2.02 bits per heavy atom. The average Bonchev–Trinajstić information content (AvgIpc) is 3.66. The highest BCUT2D eigenvalue weighted by Gasteiger charge is 2.23. The maximum atomic E-state index is 10.4. The molecule has 0 aliphatic carbocycles. The first-order chi connectivity index (χ1) is 21.1. The maximum Gasteiger partial charge on any atom is 0.238 e. The number of halogens is 1. The molecule has 0 N–H and O–H groups in total. The van der Waals surface area contributed by atoms with Crippen molar-refractivity contribution in [2.75, 3.05) is 14.2 Å². The third kappa shape index (κ3) is 5.65. The summed E-state index contributed by atoms with van der Waals surface area (Å²) in [7, 11) is 3.23. The van der Waals surface area contributed by atoms with Gasteiger partial charge in [-0.25, -0.2) is 9.67 Å². The van der Waals surface area contributed by atoms with E-state index >= 15 is 0 Å². The molecule has 0 radical (unpaired) electrons. The Morgan fingerprint density at radius 1 is 0.814 bits per heavy atom. The Balaban J connectivity index is 1.49. The number of aliphatic imine (C=N–C) groups is 1. The molecule has 0 aliphatic rings. The number of hydrogen-bond acceptors (Lipinski definition) is 6. The van der Waals surface area contributed by atoms with E-state index in [0.717, 1.165) is 27.9 Å². The van der Waals surface area contributed by atoms with Gasteiger partial charge in [-0.3, -0.25) is 0 Å². The summed E-state index contributed by atoms with van der Waals surface area (Å²) in [5, 5.41) is 15.8. The van der Waals surface area contributed by atoms with E-state index in [1.807, 2.05) is 109 Å². The van der Waals surface area contributed by atoms with E-state index in [1.165, 1.54) is 0 Å². The second-order valence-corrected chi connectivity index (χ2v) is 9.97. The molecule has 0 atom stereocenters. The van der Waals surface area contributed by atoms with E-state index in [9.17, 15) is 5.26 Å². The molecule has 0 saturated heterocycles. The van der Waals surface area contributed by atoms with E-state index in [0.29, 0.717) is 39.1 Å². The van der Waals surface area contributed by atoms with Crippen LogP contribution in [0, 0.1) is 11.3 Å². The van der Waals surface area contributed by atoms with E-state index in [-0.39, 0.29) is 5.88 Å². The van der Waals surface area contributed by atoms with Crippen molar-refractivity contribution in [1.29, 1.82) is 5.26 Å². The molecule has 43 heavy (non-hydrogen) atoms. The molecule has 0 bridgehead atoms. The van der Waals surface area contributed by atoms with Crippen molar-refractivity contribution in [2.45, 2.75) is 0 Å². The van der Waals surface area contributed by atoms with Crippen LogP contribution in [0.15, 0.2) is 119 Å².